The third-order valence-electron chi connectivity index (χ3n) is 7.24. The molecule has 3 heterocycles. The van der Waals surface area contributed by atoms with Gasteiger partial charge in [0, 0.05) is 38.8 Å². The first-order chi connectivity index (χ1) is 19.4. The molecule has 208 valence electrons. The topological polar surface area (TPSA) is 91.8 Å². The molecule has 9 nitrogen and oxygen atoms in total. The molecule has 1 saturated heterocycles. The molecule has 0 aromatic heterocycles. The van der Waals surface area contributed by atoms with E-state index in [0.29, 0.717) is 55.0 Å². The number of carbonyl (C=O) groups excluding carboxylic acids is 3. The number of nitrogens with zero attached hydrogens (tertiary/aromatic N) is 4. The summed E-state index contributed by atoms with van der Waals surface area (Å²) >= 11 is 1.44. The Morgan fingerprint density at radius 2 is 1.73 bits per heavy atom. The van der Waals surface area contributed by atoms with Gasteiger partial charge in [-0.2, -0.15) is 0 Å². The summed E-state index contributed by atoms with van der Waals surface area (Å²) in [6.07, 6.45) is 0.153. The number of thioether (sulfide) groups is 1. The van der Waals surface area contributed by atoms with Crippen molar-refractivity contribution in [1.29, 1.82) is 0 Å². The van der Waals surface area contributed by atoms with Crippen LogP contribution in [0.4, 0.5) is 0 Å². The fourth-order valence-electron chi connectivity index (χ4n) is 5.11. The van der Waals surface area contributed by atoms with Gasteiger partial charge >= 0.3 is 5.97 Å². The number of piperazine rings is 1. The number of aliphatic imine (C=N–C) groups is 1. The van der Waals surface area contributed by atoms with E-state index in [1.54, 1.807) is 23.6 Å². The molecule has 1 atom stereocenters. The van der Waals surface area contributed by atoms with Crippen molar-refractivity contribution >= 4 is 34.7 Å². The van der Waals surface area contributed by atoms with Gasteiger partial charge in [0.1, 0.15) is 12.4 Å². The molecule has 0 N–H and O–H groups in total. The Kier molecular flexibility index (Phi) is 8.25. The van der Waals surface area contributed by atoms with Crippen molar-refractivity contribution in [2.45, 2.75) is 32.9 Å². The Hall–Kier alpha value is -4.05. The van der Waals surface area contributed by atoms with Gasteiger partial charge in [0.05, 0.1) is 30.8 Å². The Bertz CT molecular complexity index is 1400. The van der Waals surface area contributed by atoms with Gasteiger partial charge in [-0.25, -0.2) is 9.79 Å². The number of benzene rings is 2. The van der Waals surface area contributed by atoms with Gasteiger partial charge in [-0.05, 0) is 35.6 Å². The summed E-state index contributed by atoms with van der Waals surface area (Å²) in [6, 6.07) is 17.0. The van der Waals surface area contributed by atoms with Crippen molar-refractivity contribution in [3.8, 4) is 5.75 Å². The molecule has 2 amide bonds. The zero-order chi connectivity index (χ0) is 28.2. The molecule has 3 aliphatic rings. The van der Waals surface area contributed by atoms with Crippen LogP contribution in [0.2, 0.25) is 0 Å². The number of hydrogen-bond donors (Lipinski definition) is 0. The highest BCUT2D eigenvalue weighted by atomic mass is 32.2. The Morgan fingerprint density at radius 3 is 2.42 bits per heavy atom. The molecule has 0 aliphatic carbocycles. The lowest BCUT2D eigenvalue weighted by Crippen LogP contribution is -2.50. The average molecular weight is 561 g/mol. The van der Waals surface area contributed by atoms with Crippen LogP contribution in [0.15, 0.2) is 82.0 Å². The van der Waals surface area contributed by atoms with E-state index in [4.69, 9.17) is 14.5 Å². The monoisotopic (exact) mass is 560 g/mol. The van der Waals surface area contributed by atoms with Gasteiger partial charge in [0.15, 0.2) is 5.17 Å². The maximum absolute atomic E-state index is 13.3. The Balaban J connectivity index is 1.40. The van der Waals surface area contributed by atoms with Crippen molar-refractivity contribution < 1.29 is 23.9 Å². The maximum atomic E-state index is 13.3. The number of fused-ring (bicyclic) bond motifs is 1. The Morgan fingerprint density at radius 1 is 1.00 bits per heavy atom. The molecule has 0 spiro atoms. The van der Waals surface area contributed by atoms with Crippen LogP contribution in [0, 0.1) is 0 Å². The van der Waals surface area contributed by atoms with Crippen LogP contribution in [0.25, 0.3) is 0 Å². The molecule has 0 unspecified atom stereocenters. The largest absolute Gasteiger partial charge is 0.489 e. The second kappa shape index (κ2) is 12.0. The van der Waals surface area contributed by atoms with E-state index in [1.165, 1.54) is 18.9 Å². The summed E-state index contributed by atoms with van der Waals surface area (Å²) in [4.78, 5) is 48.3. The fourth-order valence-corrected chi connectivity index (χ4v) is 6.07. The summed E-state index contributed by atoms with van der Waals surface area (Å²) in [5.41, 5.74) is 3.63. The number of ether oxygens (including phenoxy) is 2. The van der Waals surface area contributed by atoms with Gasteiger partial charge in [0.2, 0.25) is 11.8 Å². The fraction of sp³-hybridized carbons (Fsp3) is 0.333. The summed E-state index contributed by atoms with van der Waals surface area (Å²) in [5.74, 6) is 0.195. The van der Waals surface area contributed by atoms with Crippen molar-refractivity contribution in [1.82, 2.24) is 14.7 Å². The highest BCUT2D eigenvalue weighted by Gasteiger charge is 2.41. The third-order valence-corrected chi connectivity index (χ3v) is 8.13. The molecule has 2 aromatic carbocycles. The quantitative estimate of drug-likeness (QED) is 0.471. The smallest absolute Gasteiger partial charge is 0.338 e. The molecule has 0 radical (unpaired) electrons. The second-order valence-electron chi connectivity index (χ2n) is 9.80. The zero-order valence-electron chi connectivity index (χ0n) is 22.8. The number of rotatable bonds is 7. The first kappa shape index (κ1) is 27.5. The summed E-state index contributed by atoms with van der Waals surface area (Å²) in [5, 5.41) is 2.63. The van der Waals surface area contributed by atoms with Crippen molar-refractivity contribution in [2.24, 2.45) is 4.99 Å². The van der Waals surface area contributed by atoms with E-state index in [9.17, 15) is 14.4 Å². The molecule has 2 aromatic rings. The van der Waals surface area contributed by atoms with Crippen LogP contribution in [0.5, 0.6) is 5.75 Å². The molecule has 1 fully saturated rings. The van der Waals surface area contributed by atoms with Crippen molar-refractivity contribution in [3.63, 3.8) is 0 Å². The first-order valence-corrected chi connectivity index (χ1v) is 14.1. The molecule has 5 rings (SSSR count). The van der Waals surface area contributed by atoms with Gasteiger partial charge in [-0.1, -0.05) is 54.2 Å². The lowest BCUT2D eigenvalue weighted by atomic mass is 9.93. The average Bonchev–Trinajstić information content (AvgIpc) is 3.37. The SMILES string of the molecule is COC(=O)C1=C(C)N=C2SC=C(CC(=O)N3CCN(C(C)=O)CC3)N2[C@@H]1c1cccc(OCc2ccccc2)c1. The van der Waals surface area contributed by atoms with Crippen LogP contribution in [-0.4, -0.2) is 70.9 Å². The minimum atomic E-state index is -0.538. The standard InChI is InChI=1S/C30H32N4O5S/c1-20-27(29(37)38-3)28(23-10-7-11-25(16-23)39-18-22-8-5-4-6-9-22)34-24(19-40-30(34)31-20)17-26(36)33-14-12-32(13-15-33)21(2)35/h4-11,16,19,28H,12-15,17-18H2,1-3H3/t28-/m1/s1. The second-order valence-corrected chi connectivity index (χ2v) is 10.6. The number of carbonyl (C=O) groups is 3. The zero-order valence-corrected chi connectivity index (χ0v) is 23.6. The van der Waals surface area contributed by atoms with Crippen molar-refractivity contribution in [3.05, 3.63) is 88.1 Å². The van der Waals surface area contributed by atoms with Gasteiger partial charge in [0.25, 0.3) is 0 Å². The minimum Gasteiger partial charge on any atom is -0.489 e. The van der Waals surface area contributed by atoms with E-state index in [2.05, 4.69) is 0 Å². The summed E-state index contributed by atoms with van der Waals surface area (Å²) < 4.78 is 11.3. The van der Waals surface area contributed by atoms with Crippen LogP contribution in [0.3, 0.4) is 0 Å². The molecular formula is C30H32N4O5S. The molecule has 10 heteroatoms. The van der Waals surface area contributed by atoms with E-state index in [-0.39, 0.29) is 18.2 Å². The summed E-state index contributed by atoms with van der Waals surface area (Å²) in [6.45, 7) is 5.81. The predicted molar refractivity (Wildman–Crippen MR) is 153 cm³/mol. The van der Waals surface area contributed by atoms with E-state index in [0.717, 1.165) is 16.8 Å². The molecule has 3 aliphatic heterocycles. The summed E-state index contributed by atoms with van der Waals surface area (Å²) in [7, 11) is 1.36. The highest BCUT2D eigenvalue weighted by Crippen LogP contribution is 2.45. The van der Waals surface area contributed by atoms with Crippen LogP contribution in [0.1, 0.15) is 37.4 Å². The van der Waals surface area contributed by atoms with Crippen LogP contribution < -0.4 is 4.74 Å². The lowest BCUT2D eigenvalue weighted by molar-refractivity contribution is -0.138. The normalized spacial score (nSPS) is 18.7. The lowest BCUT2D eigenvalue weighted by Gasteiger charge is -2.37. The first-order valence-electron chi connectivity index (χ1n) is 13.2. The van der Waals surface area contributed by atoms with E-state index < -0.39 is 12.0 Å². The van der Waals surface area contributed by atoms with Gasteiger partial charge in [-0.15, -0.1) is 0 Å². The number of esters is 1. The highest BCUT2D eigenvalue weighted by molar-refractivity contribution is 8.16. The van der Waals surface area contributed by atoms with Crippen LogP contribution in [-0.2, 0) is 25.7 Å². The molecule has 0 bridgehead atoms. The predicted octanol–water partition coefficient (Wildman–Crippen LogP) is 4.09. The number of amides is 2. The maximum Gasteiger partial charge on any atom is 0.338 e. The van der Waals surface area contributed by atoms with Crippen molar-refractivity contribution in [2.75, 3.05) is 33.3 Å². The number of amidine groups is 1. The number of allylic oxidation sites excluding steroid dienone is 1. The van der Waals surface area contributed by atoms with E-state index in [1.807, 2.05) is 64.9 Å². The molecule has 0 saturated carbocycles. The minimum absolute atomic E-state index is 0.0199. The van der Waals surface area contributed by atoms with E-state index >= 15 is 0 Å². The third kappa shape index (κ3) is 5.77. The number of hydrogen-bond acceptors (Lipinski definition) is 8. The van der Waals surface area contributed by atoms with Gasteiger partial charge < -0.3 is 24.2 Å². The Labute approximate surface area is 238 Å². The molecular weight excluding hydrogens is 528 g/mol. The van der Waals surface area contributed by atoms with Gasteiger partial charge in [-0.3, -0.25) is 9.59 Å². The number of methoxy groups -OCH3 is 1. The van der Waals surface area contributed by atoms with Crippen LogP contribution >= 0.6 is 11.8 Å². The molecule has 40 heavy (non-hydrogen) atoms.